The van der Waals surface area contributed by atoms with Gasteiger partial charge in [-0.25, -0.2) is 0 Å². The molecular weight excluding hydrogens is 194 g/mol. The third-order valence-electron chi connectivity index (χ3n) is 2.77. The molecule has 0 aromatic carbocycles. The zero-order chi connectivity index (χ0) is 11.4. The summed E-state index contributed by atoms with van der Waals surface area (Å²) in [7, 11) is 0. The summed E-state index contributed by atoms with van der Waals surface area (Å²) in [6.45, 7) is 5.83. The molecule has 0 bridgehead atoms. The third kappa shape index (κ3) is 3.90. The van der Waals surface area contributed by atoms with E-state index in [-0.39, 0.29) is 18.7 Å². The molecule has 2 atom stereocenters. The van der Waals surface area contributed by atoms with E-state index in [9.17, 15) is 9.59 Å². The van der Waals surface area contributed by atoms with Crippen molar-refractivity contribution >= 4 is 11.9 Å². The number of carbonyl (C=O) groups is 2. The summed E-state index contributed by atoms with van der Waals surface area (Å²) in [5, 5.41) is 8.49. The number of carboxylic acids is 1. The summed E-state index contributed by atoms with van der Waals surface area (Å²) in [5.41, 5.74) is 0. The molecule has 0 saturated carbocycles. The fourth-order valence-corrected chi connectivity index (χ4v) is 2.24. The number of carbonyl (C=O) groups excluding carboxylic acids is 1. The normalized spacial score (nSPS) is 26.4. The lowest BCUT2D eigenvalue weighted by Gasteiger charge is -2.35. The minimum absolute atomic E-state index is 0.0178. The van der Waals surface area contributed by atoms with Crippen LogP contribution < -0.4 is 0 Å². The lowest BCUT2D eigenvalue weighted by molar-refractivity contribution is -0.141. The summed E-state index contributed by atoms with van der Waals surface area (Å²) in [6.07, 6.45) is 1.23. The molecule has 1 heterocycles. The summed E-state index contributed by atoms with van der Waals surface area (Å²) < 4.78 is 0. The van der Waals surface area contributed by atoms with Crippen molar-refractivity contribution in [3.8, 4) is 0 Å². The second-order valence-electron chi connectivity index (χ2n) is 4.64. The van der Waals surface area contributed by atoms with Gasteiger partial charge in [0.15, 0.2) is 0 Å². The molecule has 0 aliphatic carbocycles. The topological polar surface area (TPSA) is 57.6 Å². The van der Waals surface area contributed by atoms with E-state index in [0.717, 1.165) is 19.5 Å². The van der Waals surface area contributed by atoms with Crippen LogP contribution in [0.25, 0.3) is 0 Å². The SMILES string of the molecule is CC1CC(C)CN(C(=O)CCC(=O)O)C1. The van der Waals surface area contributed by atoms with E-state index in [2.05, 4.69) is 13.8 Å². The Balaban J connectivity index is 2.41. The highest BCUT2D eigenvalue weighted by molar-refractivity contribution is 5.80. The number of aliphatic carboxylic acids is 1. The highest BCUT2D eigenvalue weighted by atomic mass is 16.4. The van der Waals surface area contributed by atoms with Crippen molar-refractivity contribution in [2.24, 2.45) is 11.8 Å². The molecule has 15 heavy (non-hydrogen) atoms. The number of hydrogen-bond acceptors (Lipinski definition) is 2. The van der Waals surface area contributed by atoms with Crippen molar-refractivity contribution in [1.82, 2.24) is 4.90 Å². The minimum atomic E-state index is -0.901. The van der Waals surface area contributed by atoms with E-state index >= 15 is 0 Å². The molecule has 4 nitrogen and oxygen atoms in total. The number of rotatable bonds is 3. The molecule has 0 aromatic rings. The zero-order valence-electron chi connectivity index (χ0n) is 9.40. The summed E-state index contributed by atoms with van der Waals surface area (Å²) in [5.74, 6) is 0.141. The Morgan fingerprint density at radius 3 is 2.20 bits per heavy atom. The Hall–Kier alpha value is -1.06. The van der Waals surface area contributed by atoms with Gasteiger partial charge >= 0.3 is 5.97 Å². The first-order valence-electron chi connectivity index (χ1n) is 5.48. The van der Waals surface area contributed by atoms with Gasteiger partial charge in [-0.3, -0.25) is 9.59 Å². The Bertz CT molecular complexity index is 242. The summed E-state index contributed by atoms with van der Waals surface area (Å²) in [4.78, 5) is 23.8. The average molecular weight is 213 g/mol. The Labute approximate surface area is 90.3 Å². The number of piperidine rings is 1. The van der Waals surface area contributed by atoms with E-state index in [1.165, 1.54) is 0 Å². The van der Waals surface area contributed by atoms with Crippen LogP contribution in [0.1, 0.15) is 33.1 Å². The van der Waals surface area contributed by atoms with Gasteiger partial charge in [0.25, 0.3) is 0 Å². The third-order valence-corrected chi connectivity index (χ3v) is 2.77. The predicted octanol–water partition coefficient (Wildman–Crippen LogP) is 1.36. The maximum absolute atomic E-state index is 11.7. The largest absolute Gasteiger partial charge is 0.481 e. The summed E-state index contributed by atoms with van der Waals surface area (Å²) >= 11 is 0. The van der Waals surface area contributed by atoms with Gasteiger partial charge in [0.2, 0.25) is 5.91 Å². The average Bonchev–Trinajstić information content (AvgIpc) is 2.12. The molecule has 1 aliphatic heterocycles. The van der Waals surface area contributed by atoms with E-state index in [0.29, 0.717) is 11.8 Å². The Kier molecular flexibility index (Phi) is 4.12. The number of carboxylic acid groups (broad SMARTS) is 1. The number of hydrogen-bond donors (Lipinski definition) is 1. The van der Waals surface area contributed by atoms with Gasteiger partial charge in [0, 0.05) is 19.5 Å². The van der Waals surface area contributed by atoms with Gasteiger partial charge in [-0.05, 0) is 18.3 Å². The van der Waals surface area contributed by atoms with Gasteiger partial charge < -0.3 is 10.0 Å². The van der Waals surface area contributed by atoms with Crippen LogP contribution in [0.15, 0.2) is 0 Å². The monoisotopic (exact) mass is 213 g/mol. The number of likely N-dealkylation sites (tertiary alicyclic amines) is 1. The predicted molar refractivity (Wildman–Crippen MR) is 56.4 cm³/mol. The van der Waals surface area contributed by atoms with Crippen LogP contribution in [0, 0.1) is 11.8 Å². The van der Waals surface area contributed by atoms with Crippen molar-refractivity contribution in [3.63, 3.8) is 0 Å². The van der Waals surface area contributed by atoms with Gasteiger partial charge in [-0.1, -0.05) is 13.8 Å². The van der Waals surface area contributed by atoms with Gasteiger partial charge in [0.05, 0.1) is 6.42 Å². The Morgan fingerprint density at radius 1 is 1.20 bits per heavy atom. The molecule has 1 N–H and O–H groups in total. The molecule has 4 heteroatoms. The van der Waals surface area contributed by atoms with Crippen LogP contribution in [-0.4, -0.2) is 35.0 Å². The fraction of sp³-hybridized carbons (Fsp3) is 0.818. The van der Waals surface area contributed by atoms with E-state index < -0.39 is 5.97 Å². The standard InChI is InChI=1S/C11H19NO3/c1-8-5-9(2)7-12(6-8)10(13)3-4-11(14)15/h8-9H,3-7H2,1-2H3,(H,14,15). The first-order valence-corrected chi connectivity index (χ1v) is 5.48. The molecular formula is C11H19NO3. The van der Waals surface area contributed by atoms with Crippen molar-refractivity contribution in [2.45, 2.75) is 33.1 Å². The molecule has 1 aliphatic rings. The molecule has 1 amide bonds. The second kappa shape index (κ2) is 5.14. The van der Waals surface area contributed by atoms with Crippen molar-refractivity contribution in [3.05, 3.63) is 0 Å². The van der Waals surface area contributed by atoms with Gasteiger partial charge in [-0.2, -0.15) is 0 Å². The molecule has 0 aromatic heterocycles. The molecule has 0 radical (unpaired) electrons. The summed E-state index contributed by atoms with van der Waals surface area (Å²) in [6, 6.07) is 0. The fourth-order valence-electron chi connectivity index (χ4n) is 2.24. The molecule has 1 fully saturated rings. The smallest absolute Gasteiger partial charge is 0.303 e. The molecule has 0 spiro atoms. The maximum Gasteiger partial charge on any atom is 0.303 e. The molecule has 1 saturated heterocycles. The highest BCUT2D eigenvalue weighted by Crippen LogP contribution is 2.21. The Morgan fingerprint density at radius 2 is 1.73 bits per heavy atom. The van der Waals surface area contributed by atoms with Crippen LogP contribution >= 0.6 is 0 Å². The zero-order valence-corrected chi connectivity index (χ0v) is 9.40. The minimum Gasteiger partial charge on any atom is -0.481 e. The van der Waals surface area contributed by atoms with Crippen molar-refractivity contribution in [2.75, 3.05) is 13.1 Å². The molecule has 86 valence electrons. The quantitative estimate of drug-likeness (QED) is 0.770. The van der Waals surface area contributed by atoms with Crippen LogP contribution in [0.3, 0.4) is 0 Å². The van der Waals surface area contributed by atoms with Gasteiger partial charge in [0.1, 0.15) is 0 Å². The van der Waals surface area contributed by atoms with E-state index in [1.807, 2.05) is 4.90 Å². The second-order valence-corrected chi connectivity index (χ2v) is 4.64. The van der Waals surface area contributed by atoms with E-state index in [1.54, 1.807) is 0 Å². The van der Waals surface area contributed by atoms with Crippen LogP contribution in [-0.2, 0) is 9.59 Å². The van der Waals surface area contributed by atoms with Crippen LogP contribution in [0.5, 0.6) is 0 Å². The first-order chi connectivity index (χ1) is 6.99. The molecule has 1 rings (SSSR count). The highest BCUT2D eigenvalue weighted by Gasteiger charge is 2.25. The van der Waals surface area contributed by atoms with Crippen LogP contribution in [0.4, 0.5) is 0 Å². The first kappa shape index (κ1) is 12.0. The van der Waals surface area contributed by atoms with E-state index in [4.69, 9.17) is 5.11 Å². The number of nitrogens with zero attached hydrogens (tertiary/aromatic N) is 1. The number of amides is 1. The van der Waals surface area contributed by atoms with Gasteiger partial charge in [-0.15, -0.1) is 0 Å². The lowest BCUT2D eigenvalue weighted by Crippen LogP contribution is -2.42. The van der Waals surface area contributed by atoms with Crippen molar-refractivity contribution in [1.29, 1.82) is 0 Å². The van der Waals surface area contributed by atoms with Crippen LogP contribution in [0.2, 0.25) is 0 Å². The lowest BCUT2D eigenvalue weighted by atomic mass is 9.91. The molecule has 2 unspecified atom stereocenters. The maximum atomic E-state index is 11.7. The van der Waals surface area contributed by atoms with Crippen molar-refractivity contribution < 1.29 is 14.7 Å².